The van der Waals surface area contributed by atoms with Gasteiger partial charge in [0.15, 0.2) is 0 Å². The first kappa shape index (κ1) is 17.8. The van der Waals surface area contributed by atoms with Crippen LogP contribution in [0.4, 0.5) is 5.69 Å². The largest absolute Gasteiger partial charge is 0.399 e. The average molecular weight is 313 g/mol. The molecule has 0 aliphatic carbocycles. The molecular weight excluding hydrogens is 288 g/mol. The number of hydrogen-bond acceptors (Lipinski definition) is 3. The van der Waals surface area contributed by atoms with Gasteiger partial charge in [0.1, 0.15) is 0 Å². The minimum Gasteiger partial charge on any atom is -0.399 e. The van der Waals surface area contributed by atoms with Crippen molar-refractivity contribution in [3.05, 3.63) is 29.8 Å². The Morgan fingerprint density at radius 3 is 2.90 bits per heavy atom. The maximum Gasteiger partial charge on any atom is 0.253 e. The molecule has 1 amide bonds. The van der Waals surface area contributed by atoms with Crippen LogP contribution in [-0.4, -0.2) is 36.6 Å². The number of carbonyl (C=O) groups is 1. The number of anilines is 1. The fourth-order valence-electron chi connectivity index (χ4n) is 2.57. The highest BCUT2D eigenvalue weighted by atomic mass is 35.5. The molecule has 0 radical (unpaired) electrons. The van der Waals surface area contributed by atoms with Gasteiger partial charge in [-0.1, -0.05) is 13.0 Å². The van der Waals surface area contributed by atoms with Gasteiger partial charge in [0.25, 0.3) is 5.91 Å². The Bertz CT molecular complexity index is 454. The molecule has 1 aliphatic rings. The lowest BCUT2D eigenvalue weighted by Crippen LogP contribution is -2.32. The Balaban J connectivity index is 0.00000220. The first-order chi connectivity index (χ1) is 9.70. The van der Waals surface area contributed by atoms with Crippen LogP contribution < -0.4 is 5.73 Å². The zero-order chi connectivity index (χ0) is 14.4. The van der Waals surface area contributed by atoms with Crippen LogP contribution in [0.5, 0.6) is 0 Å². The predicted molar refractivity (Wildman–Crippen MR) is 87.9 cm³/mol. The van der Waals surface area contributed by atoms with Crippen LogP contribution in [0.25, 0.3) is 0 Å². The molecule has 1 heterocycles. The van der Waals surface area contributed by atoms with Gasteiger partial charge in [0.2, 0.25) is 0 Å². The summed E-state index contributed by atoms with van der Waals surface area (Å²) in [4.78, 5) is 14.4. The molecule has 2 N–H and O–H groups in total. The molecule has 1 saturated heterocycles. The van der Waals surface area contributed by atoms with Crippen LogP contribution in [0.3, 0.4) is 0 Å². The topological polar surface area (TPSA) is 55.6 Å². The summed E-state index contributed by atoms with van der Waals surface area (Å²) in [5.41, 5.74) is 7.06. The monoisotopic (exact) mass is 312 g/mol. The van der Waals surface area contributed by atoms with Crippen LogP contribution in [0.2, 0.25) is 0 Å². The van der Waals surface area contributed by atoms with Crippen LogP contribution >= 0.6 is 12.4 Å². The highest BCUT2D eigenvalue weighted by Gasteiger charge is 2.21. The van der Waals surface area contributed by atoms with Gasteiger partial charge in [-0.3, -0.25) is 4.79 Å². The van der Waals surface area contributed by atoms with Crippen LogP contribution in [0.15, 0.2) is 24.3 Å². The molecule has 118 valence electrons. The summed E-state index contributed by atoms with van der Waals surface area (Å²) < 4.78 is 5.81. The van der Waals surface area contributed by atoms with Crippen LogP contribution in [-0.2, 0) is 4.74 Å². The summed E-state index contributed by atoms with van der Waals surface area (Å²) in [5, 5.41) is 0. The van der Waals surface area contributed by atoms with E-state index < -0.39 is 0 Å². The first-order valence-electron chi connectivity index (χ1n) is 7.47. The quantitative estimate of drug-likeness (QED) is 0.869. The van der Waals surface area contributed by atoms with E-state index in [-0.39, 0.29) is 18.3 Å². The highest BCUT2D eigenvalue weighted by molar-refractivity contribution is 5.95. The van der Waals surface area contributed by atoms with E-state index in [1.54, 1.807) is 12.1 Å². The van der Waals surface area contributed by atoms with Crippen LogP contribution in [0.1, 0.15) is 43.0 Å². The van der Waals surface area contributed by atoms with Gasteiger partial charge < -0.3 is 15.4 Å². The predicted octanol–water partition coefficient (Wildman–Crippen LogP) is 3.11. The van der Waals surface area contributed by atoms with Gasteiger partial charge in [-0.15, -0.1) is 12.4 Å². The number of ether oxygens (including phenoxy) is 1. The van der Waals surface area contributed by atoms with E-state index in [0.29, 0.717) is 17.4 Å². The molecule has 1 unspecified atom stereocenters. The summed E-state index contributed by atoms with van der Waals surface area (Å²) in [5.74, 6) is 0.0773. The second-order valence-electron chi connectivity index (χ2n) is 5.34. The Kier molecular flexibility index (Phi) is 7.54. The summed E-state index contributed by atoms with van der Waals surface area (Å²) >= 11 is 0. The number of nitrogens with two attached hydrogens (primary N) is 1. The highest BCUT2D eigenvalue weighted by Crippen LogP contribution is 2.17. The van der Waals surface area contributed by atoms with Gasteiger partial charge >= 0.3 is 0 Å². The first-order valence-corrected chi connectivity index (χ1v) is 7.47. The van der Waals surface area contributed by atoms with E-state index in [1.165, 1.54) is 0 Å². The summed E-state index contributed by atoms with van der Waals surface area (Å²) in [6.07, 6.45) is 4.31. The minimum absolute atomic E-state index is 0. The lowest BCUT2D eigenvalue weighted by Gasteiger charge is -2.21. The number of carbonyl (C=O) groups excluding carboxylic acids is 1. The van der Waals surface area contributed by atoms with E-state index in [1.807, 2.05) is 17.0 Å². The molecular formula is C16H25ClN2O2. The minimum atomic E-state index is 0. The van der Waals surface area contributed by atoms with Gasteiger partial charge in [0, 0.05) is 30.9 Å². The van der Waals surface area contributed by atoms with Crippen molar-refractivity contribution in [2.24, 2.45) is 0 Å². The zero-order valence-electron chi connectivity index (χ0n) is 12.6. The van der Waals surface area contributed by atoms with Crippen molar-refractivity contribution in [2.75, 3.05) is 25.4 Å². The Labute approximate surface area is 133 Å². The molecule has 0 aromatic heterocycles. The van der Waals surface area contributed by atoms with E-state index in [2.05, 4.69) is 6.92 Å². The van der Waals surface area contributed by atoms with E-state index >= 15 is 0 Å². The number of amides is 1. The molecule has 4 nitrogen and oxygen atoms in total. The van der Waals surface area contributed by atoms with E-state index in [0.717, 1.165) is 45.4 Å². The van der Waals surface area contributed by atoms with Crippen molar-refractivity contribution in [3.8, 4) is 0 Å². The number of nitrogen functional groups attached to an aromatic ring is 1. The lowest BCUT2D eigenvalue weighted by molar-refractivity contribution is 0.0432. The van der Waals surface area contributed by atoms with Crippen molar-refractivity contribution >= 4 is 24.0 Å². The smallest absolute Gasteiger partial charge is 0.253 e. The molecule has 1 aliphatic heterocycles. The zero-order valence-corrected chi connectivity index (χ0v) is 13.4. The number of nitrogens with zero attached hydrogens (tertiary/aromatic N) is 1. The van der Waals surface area contributed by atoms with E-state index in [4.69, 9.17) is 10.5 Å². The second-order valence-corrected chi connectivity index (χ2v) is 5.34. The third-order valence-electron chi connectivity index (χ3n) is 3.65. The number of likely N-dealkylation sites (tertiary alicyclic amines) is 1. The lowest BCUT2D eigenvalue weighted by atomic mass is 10.1. The Morgan fingerprint density at radius 1 is 1.38 bits per heavy atom. The molecule has 21 heavy (non-hydrogen) atoms. The number of benzene rings is 1. The second kappa shape index (κ2) is 8.90. The molecule has 0 bridgehead atoms. The summed E-state index contributed by atoms with van der Waals surface area (Å²) in [6, 6.07) is 7.20. The molecule has 0 saturated carbocycles. The van der Waals surface area contributed by atoms with Gasteiger partial charge in [0.05, 0.1) is 6.10 Å². The van der Waals surface area contributed by atoms with Crippen molar-refractivity contribution < 1.29 is 9.53 Å². The van der Waals surface area contributed by atoms with Gasteiger partial charge in [-0.25, -0.2) is 0 Å². The van der Waals surface area contributed by atoms with E-state index in [9.17, 15) is 4.79 Å². The van der Waals surface area contributed by atoms with Crippen LogP contribution in [0, 0.1) is 0 Å². The number of rotatable bonds is 4. The normalized spacial score (nSPS) is 18.7. The number of halogens is 1. The third kappa shape index (κ3) is 5.21. The average Bonchev–Trinajstić information content (AvgIpc) is 2.70. The fraction of sp³-hybridized carbons (Fsp3) is 0.562. The third-order valence-corrected chi connectivity index (χ3v) is 3.65. The molecule has 1 aromatic carbocycles. The fourth-order valence-corrected chi connectivity index (χ4v) is 2.57. The Hall–Kier alpha value is -1.26. The van der Waals surface area contributed by atoms with Crippen molar-refractivity contribution in [1.29, 1.82) is 0 Å². The summed E-state index contributed by atoms with van der Waals surface area (Å²) in [7, 11) is 0. The van der Waals surface area contributed by atoms with Crippen molar-refractivity contribution in [2.45, 2.75) is 38.7 Å². The van der Waals surface area contributed by atoms with Crippen molar-refractivity contribution in [3.63, 3.8) is 0 Å². The maximum absolute atomic E-state index is 12.5. The van der Waals surface area contributed by atoms with Gasteiger partial charge in [-0.2, -0.15) is 0 Å². The summed E-state index contributed by atoms with van der Waals surface area (Å²) in [6.45, 7) is 4.50. The van der Waals surface area contributed by atoms with Gasteiger partial charge in [-0.05, 0) is 43.9 Å². The molecule has 1 fully saturated rings. The molecule has 1 aromatic rings. The molecule has 2 rings (SSSR count). The maximum atomic E-state index is 12.5. The molecule has 1 atom stereocenters. The molecule has 5 heteroatoms. The van der Waals surface area contributed by atoms with Crippen molar-refractivity contribution in [1.82, 2.24) is 4.90 Å². The Morgan fingerprint density at radius 2 is 2.19 bits per heavy atom. The number of hydrogen-bond donors (Lipinski definition) is 1. The SMILES string of the molecule is CCCOC1CCCN(C(=O)c2cccc(N)c2)CC1.Cl. The standard InChI is InChI=1S/C16H24N2O2.ClH/c1-2-11-20-15-7-4-9-18(10-8-15)16(19)13-5-3-6-14(17)12-13;/h3,5-6,12,15H,2,4,7-11,17H2,1H3;1H. The molecule has 0 spiro atoms.